The SMILES string of the molecule is CN1CCN(NC(=O)Cc2ccc(C#N)cc2)CC1. The lowest BCUT2D eigenvalue weighted by molar-refractivity contribution is -0.126. The highest BCUT2D eigenvalue weighted by Gasteiger charge is 2.15. The minimum Gasteiger partial charge on any atom is -0.304 e. The van der Waals surface area contributed by atoms with Crippen molar-refractivity contribution in [3.8, 4) is 6.07 Å². The Morgan fingerprint density at radius 1 is 1.26 bits per heavy atom. The standard InChI is InChI=1S/C14H18N4O/c1-17-6-8-18(9-7-17)16-14(19)10-12-2-4-13(11-15)5-3-12/h2-5H,6-10H2,1H3,(H,16,19). The first kappa shape index (κ1) is 13.5. The number of hydrogen-bond acceptors (Lipinski definition) is 4. The lowest BCUT2D eigenvalue weighted by Gasteiger charge is -2.32. The van der Waals surface area contributed by atoms with Gasteiger partial charge in [-0.2, -0.15) is 5.26 Å². The number of carbonyl (C=O) groups is 1. The molecule has 1 heterocycles. The van der Waals surface area contributed by atoms with Gasteiger partial charge in [-0.25, -0.2) is 5.01 Å². The number of piperazine rings is 1. The third kappa shape index (κ3) is 4.05. The molecule has 1 amide bonds. The summed E-state index contributed by atoms with van der Waals surface area (Å²) in [6.45, 7) is 3.65. The van der Waals surface area contributed by atoms with E-state index >= 15 is 0 Å². The summed E-state index contributed by atoms with van der Waals surface area (Å²) in [6.07, 6.45) is 0.345. The van der Waals surface area contributed by atoms with Crippen molar-refractivity contribution in [1.82, 2.24) is 15.3 Å². The van der Waals surface area contributed by atoms with Crippen LogP contribution in [0.5, 0.6) is 0 Å². The number of rotatable bonds is 3. The van der Waals surface area contributed by atoms with E-state index in [-0.39, 0.29) is 5.91 Å². The van der Waals surface area contributed by atoms with E-state index in [0.29, 0.717) is 12.0 Å². The zero-order valence-electron chi connectivity index (χ0n) is 11.1. The predicted octanol–water partition coefficient (Wildman–Crippen LogP) is 0.379. The summed E-state index contributed by atoms with van der Waals surface area (Å²) >= 11 is 0. The van der Waals surface area contributed by atoms with Crippen molar-refractivity contribution in [1.29, 1.82) is 5.26 Å². The molecular formula is C14H18N4O. The Morgan fingerprint density at radius 2 is 1.89 bits per heavy atom. The fourth-order valence-corrected chi connectivity index (χ4v) is 2.02. The molecule has 5 heteroatoms. The molecule has 100 valence electrons. The van der Waals surface area contributed by atoms with Gasteiger partial charge in [0.15, 0.2) is 0 Å². The summed E-state index contributed by atoms with van der Waals surface area (Å²) in [5.41, 5.74) is 4.46. The Morgan fingerprint density at radius 3 is 2.47 bits per heavy atom. The van der Waals surface area contributed by atoms with Crippen LogP contribution in [0, 0.1) is 11.3 Å². The summed E-state index contributed by atoms with van der Waals surface area (Å²) < 4.78 is 0. The molecule has 1 N–H and O–H groups in total. The van der Waals surface area contributed by atoms with Gasteiger partial charge in [-0.15, -0.1) is 0 Å². The van der Waals surface area contributed by atoms with Crippen molar-refractivity contribution >= 4 is 5.91 Å². The highest BCUT2D eigenvalue weighted by molar-refractivity contribution is 5.78. The highest BCUT2D eigenvalue weighted by Crippen LogP contribution is 2.04. The Labute approximate surface area is 113 Å². The van der Waals surface area contributed by atoms with Crippen LogP contribution in [0.25, 0.3) is 0 Å². The lowest BCUT2D eigenvalue weighted by atomic mass is 10.1. The van der Waals surface area contributed by atoms with Gasteiger partial charge in [0.1, 0.15) is 0 Å². The number of amides is 1. The molecule has 5 nitrogen and oxygen atoms in total. The highest BCUT2D eigenvalue weighted by atomic mass is 16.2. The number of hydrazine groups is 1. The molecule has 0 saturated carbocycles. The quantitative estimate of drug-likeness (QED) is 0.851. The predicted molar refractivity (Wildman–Crippen MR) is 72.1 cm³/mol. The molecule has 0 radical (unpaired) electrons. The van der Waals surface area contributed by atoms with E-state index in [0.717, 1.165) is 31.7 Å². The number of carbonyl (C=O) groups excluding carboxylic acids is 1. The average Bonchev–Trinajstić information content (AvgIpc) is 2.42. The van der Waals surface area contributed by atoms with Crippen molar-refractivity contribution in [2.75, 3.05) is 33.2 Å². The van der Waals surface area contributed by atoms with Crippen LogP contribution < -0.4 is 5.43 Å². The van der Waals surface area contributed by atoms with Gasteiger partial charge in [-0.05, 0) is 24.7 Å². The zero-order valence-corrected chi connectivity index (χ0v) is 11.1. The summed E-state index contributed by atoms with van der Waals surface area (Å²) in [5, 5.41) is 10.7. The molecule has 1 aromatic carbocycles. The molecule has 1 fully saturated rings. The van der Waals surface area contributed by atoms with Crippen molar-refractivity contribution < 1.29 is 4.79 Å². The molecule has 2 rings (SSSR count). The van der Waals surface area contributed by atoms with Gasteiger partial charge < -0.3 is 4.90 Å². The van der Waals surface area contributed by atoms with Gasteiger partial charge in [0.2, 0.25) is 5.91 Å². The number of hydrogen-bond donors (Lipinski definition) is 1. The Bertz CT molecular complexity index is 469. The zero-order chi connectivity index (χ0) is 13.7. The molecule has 19 heavy (non-hydrogen) atoms. The largest absolute Gasteiger partial charge is 0.304 e. The van der Waals surface area contributed by atoms with Crippen molar-refractivity contribution in [2.24, 2.45) is 0 Å². The molecule has 1 aliphatic heterocycles. The molecule has 0 aromatic heterocycles. The summed E-state index contributed by atoms with van der Waals surface area (Å²) in [5.74, 6) is -0.00531. The summed E-state index contributed by atoms with van der Waals surface area (Å²) in [6, 6.07) is 9.18. The number of nitriles is 1. The van der Waals surface area contributed by atoms with Crippen LogP contribution in [0.4, 0.5) is 0 Å². The first-order valence-corrected chi connectivity index (χ1v) is 6.39. The molecule has 0 aliphatic carbocycles. The van der Waals surface area contributed by atoms with Gasteiger partial charge >= 0.3 is 0 Å². The normalized spacial score (nSPS) is 16.8. The Kier molecular flexibility index (Phi) is 4.50. The molecule has 1 saturated heterocycles. The topological polar surface area (TPSA) is 59.4 Å². The van der Waals surface area contributed by atoms with Crippen LogP contribution >= 0.6 is 0 Å². The first-order valence-electron chi connectivity index (χ1n) is 6.39. The van der Waals surface area contributed by atoms with E-state index in [2.05, 4.69) is 23.4 Å². The molecule has 0 spiro atoms. The molecule has 0 atom stereocenters. The van der Waals surface area contributed by atoms with Crippen LogP contribution in [-0.4, -0.2) is 49.0 Å². The lowest BCUT2D eigenvalue weighted by Crippen LogP contribution is -2.52. The second-order valence-corrected chi connectivity index (χ2v) is 4.81. The fourth-order valence-electron chi connectivity index (χ4n) is 2.02. The van der Waals surface area contributed by atoms with E-state index in [1.54, 1.807) is 12.1 Å². The maximum Gasteiger partial charge on any atom is 0.238 e. The van der Waals surface area contributed by atoms with Gasteiger partial charge in [0, 0.05) is 26.2 Å². The van der Waals surface area contributed by atoms with E-state index < -0.39 is 0 Å². The number of likely N-dealkylation sites (N-methyl/N-ethyl adjacent to an activating group) is 1. The number of nitrogens with zero attached hydrogens (tertiary/aromatic N) is 3. The number of nitrogens with one attached hydrogen (secondary N) is 1. The summed E-state index contributed by atoms with van der Waals surface area (Å²) in [7, 11) is 2.08. The van der Waals surface area contributed by atoms with Crippen LogP contribution in [0.15, 0.2) is 24.3 Å². The Balaban J connectivity index is 1.82. The van der Waals surface area contributed by atoms with Gasteiger partial charge in [-0.1, -0.05) is 12.1 Å². The van der Waals surface area contributed by atoms with Crippen LogP contribution in [0.1, 0.15) is 11.1 Å². The van der Waals surface area contributed by atoms with Crippen LogP contribution in [0.2, 0.25) is 0 Å². The average molecular weight is 258 g/mol. The molecule has 0 unspecified atom stereocenters. The third-order valence-corrected chi connectivity index (χ3v) is 3.23. The van der Waals surface area contributed by atoms with Crippen molar-refractivity contribution in [3.05, 3.63) is 35.4 Å². The maximum atomic E-state index is 11.9. The minimum absolute atomic E-state index is 0.00531. The van der Waals surface area contributed by atoms with Crippen LogP contribution in [0.3, 0.4) is 0 Å². The maximum absolute atomic E-state index is 11.9. The first-order chi connectivity index (χ1) is 9.17. The van der Waals surface area contributed by atoms with Gasteiger partial charge in [-0.3, -0.25) is 10.2 Å². The van der Waals surface area contributed by atoms with E-state index in [9.17, 15) is 4.79 Å². The van der Waals surface area contributed by atoms with Crippen LogP contribution in [-0.2, 0) is 11.2 Å². The molecular weight excluding hydrogens is 240 g/mol. The minimum atomic E-state index is -0.00531. The smallest absolute Gasteiger partial charge is 0.238 e. The molecule has 1 aromatic rings. The van der Waals surface area contributed by atoms with Gasteiger partial charge in [0.25, 0.3) is 0 Å². The van der Waals surface area contributed by atoms with Crippen molar-refractivity contribution in [2.45, 2.75) is 6.42 Å². The second-order valence-electron chi connectivity index (χ2n) is 4.81. The van der Waals surface area contributed by atoms with E-state index in [4.69, 9.17) is 5.26 Å². The third-order valence-electron chi connectivity index (χ3n) is 3.23. The van der Waals surface area contributed by atoms with Crippen molar-refractivity contribution in [3.63, 3.8) is 0 Å². The second kappa shape index (κ2) is 6.32. The Hall–Kier alpha value is -1.90. The van der Waals surface area contributed by atoms with E-state index in [1.165, 1.54) is 0 Å². The van der Waals surface area contributed by atoms with Gasteiger partial charge in [0.05, 0.1) is 18.1 Å². The number of benzene rings is 1. The summed E-state index contributed by atoms with van der Waals surface area (Å²) in [4.78, 5) is 14.1. The molecule has 1 aliphatic rings. The fraction of sp³-hybridized carbons (Fsp3) is 0.429. The monoisotopic (exact) mass is 258 g/mol. The molecule has 0 bridgehead atoms. The van der Waals surface area contributed by atoms with E-state index in [1.807, 2.05) is 17.1 Å².